The third-order valence-corrected chi connectivity index (χ3v) is 3.63. The Morgan fingerprint density at radius 2 is 1.55 bits per heavy atom. The fourth-order valence-electron chi connectivity index (χ4n) is 2.35. The van der Waals surface area contributed by atoms with Crippen molar-refractivity contribution in [1.82, 2.24) is 4.90 Å². The summed E-state index contributed by atoms with van der Waals surface area (Å²) < 4.78 is 0. The molecule has 1 atom stereocenters. The molecule has 0 radical (unpaired) electrons. The summed E-state index contributed by atoms with van der Waals surface area (Å²) in [6, 6.07) is 21.6. The third kappa shape index (κ3) is 4.39. The second-order valence-corrected chi connectivity index (χ2v) is 5.14. The van der Waals surface area contributed by atoms with Crippen molar-refractivity contribution in [2.45, 2.75) is 26.4 Å². The monoisotopic (exact) mass is 268 g/mol. The van der Waals surface area contributed by atoms with Crippen molar-refractivity contribution >= 4 is 5.69 Å². The smallest absolute Gasteiger partial charge is 0.0340 e. The molecular formula is C18H24N2. The van der Waals surface area contributed by atoms with Gasteiger partial charge in [-0.25, -0.2) is 0 Å². The van der Waals surface area contributed by atoms with Crippen LogP contribution in [0.15, 0.2) is 60.7 Å². The average molecular weight is 268 g/mol. The maximum absolute atomic E-state index is 3.50. The van der Waals surface area contributed by atoms with Crippen LogP contribution in [0.4, 0.5) is 5.69 Å². The van der Waals surface area contributed by atoms with Crippen molar-refractivity contribution in [3.05, 3.63) is 66.2 Å². The highest BCUT2D eigenvalue weighted by Crippen LogP contribution is 2.10. The summed E-state index contributed by atoms with van der Waals surface area (Å²) in [7, 11) is 0. The Morgan fingerprint density at radius 3 is 2.15 bits per heavy atom. The number of anilines is 1. The van der Waals surface area contributed by atoms with Crippen LogP contribution in [0.2, 0.25) is 0 Å². The molecule has 0 fully saturated rings. The normalized spacial score (nSPS) is 12.3. The minimum Gasteiger partial charge on any atom is -0.383 e. The molecule has 0 aromatic heterocycles. The Bertz CT molecular complexity index is 481. The molecule has 0 aliphatic rings. The van der Waals surface area contributed by atoms with Gasteiger partial charge < -0.3 is 5.32 Å². The largest absolute Gasteiger partial charge is 0.383 e. The quantitative estimate of drug-likeness (QED) is 0.816. The van der Waals surface area contributed by atoms with Gasteiger partial charge in [-0.2, -0.15) is 0 Å². The van der Waals surface area contributed by atoms with Gasteiger partial charge >= 0.3 is 0 Å². The number of likely N-dealkylation sites (N-methyl/N-ethyl adjacent to an activating group) is 1. The fraction of sp³-hybridized carbons (Fsp3) is 0.333. The molecule has 20 heavy (non-hydrogen) atoms. The van der Waals surface area contributed by atoms with Gasteiger partial charge in [0.05, 0.1) is 0 Å². The predicted molar refractivity (Wildman–Crippen MR) is 86.9 cm³/mol. The van der Waals surface area contributed by atoms with Crippen LogP contribution in [0.5, 0.6) is 0 Å². The number of para-hydroxylation sites is 1. The van der Waals surface area contributed by atoms with Crippen molar-refractivity contribution in [3.8, 4) is 0 Å². The molecule has 2 heteroatoms. The number of hydrogen-bond acceptors (Lipinski definition) is 2. The third-order valence-electron chi connectivity index (χ3n) is 3.63. The second-order valence-electron chi connectivity index (χ2n) is 5.14. The molecule has 2 nitrogen and oxygen atoms in total. The molecule has 0 aliphatic heterocycles. The van der Waals surface area contributed by atoms with Crippen molar-refractivity contribution in [1.29, 1.82) is 0 Å². The molecule has 0 heterocycles. The van der Waals surface area contributed by atoms with Crippen LogP contribution in [0.25, 0.3) is 0 Å². The Labute approximate surface area is 122 Å². The van der Waals surface area contributed by atoms with Gasteiger partial charge in [0.25, 0.3) is 0 Å². The van der Waals surface area contributed by atoms with Crippen molar-refractivity contribution < 1.29 is 0 Å². The van der Waals surface area contributed by atoms with Crippen molar-refractivity contribution in [2.75, 3.05) is 18.4 Å². The zero-order valence-electron chi connectivity index (χ0n) is 12.4. The number of nitrogens with zero attached hydrogens (tertiary/aromatic N) is 1. The minimum absolute atomic E-state index is 0.500. The maximum Gasteiger partial charge on any atom is 0.0340 e. The molecule has 2 aromatic rings. The van der Waals surface area contributed by atoms with E-state index in [0.717, 1.165) is 19.6 Å². The summed E-state index contributed by atoms with van der Waals surface area (Å²) >= 11 is 0. The Hall–Kier alpha value is -1.80. The lowest BCUT2D eigenvalue weighted by Crippen LogP contribution is -2.37. The van der Waals surface area contributed by atoms with Gasteiger partial charge in [-0.15, -0.1) is 0 Å². The minimum atomic E-state index is 0.500. The predicted octanol–water partition coefficient (Wildman–Crippen LogP) is 4.01. The van der Waals surface area contributed by atoms with E-state index in [9.17, 15) is 0 Å². The summed E-state index contributed by atoms with van der Waals surface area (Å²) in [6.45, 7) is 7.54. The average Bonchev–Trinajstić information content (AvgIpc) is 2.52. The standard InChI is InChI=1S/C18H24N2/c1-3-20(15-17-10-6-4-7-11-17)16(2)14-19-18-12-8-5-9-13-18/h4-13,16,19H,3,14-15H2,1-2H3. The molecule has 0 spiro atoms. The lowest BCUT2D eigenvalue weighted by atomic mass is 10.2. The molecule has 0 aliphatic carbocycles. The highest BCUT2D eigenvalue weighted by molar-refractivity contribution is 5.42. The molecule has 2 aromatic carbocycles. The van der Waals surface area contributed by atoms with Crippen LogP contribution in [0.1, 0.15) is 19.4 Å². The summed E-state index contributed by atoms with van der Waals surface area (Å²) in [5.74, 6) is 0. The van der Waals surface area contributed by atoms with Gasteiger partial charge in [0.2, 0.25) is 0 Å². The highest BCUT2D eigenvalue weighted by atomic mass is 15.2. The van der Waals surface area contributed by atoms with Crippen molar-refractivity contribution in [2.24, 2.45) is 0 Å². The van der Waals surface area contributed by atoms with E-state index in [0.29, 0.717) is 6.04 Å². The molecule has 106 valence electrons. The number of nitrogens with one attached hydrogen (secondary N) is 1. The Morgan fingerprint density at radius 1 is 0.950 bits per heavy atom. The summed E-state index contributed by atoms with van der Waals surface area (Å²) in [5.41, 5.74) is 2.57. The number of hydrogen-bond donors (Lipinski definition) is 1. The Kier molecular flexibility index (Phi) is 5.63. The van der Waals surface area contributed by atoms with Gasteiger partial charge in [0.15, 0.2) is 0 Å². The maximum atomic E-state index is 3.50. The topological polar surface area (TPSA) is 15.3 Å². The molecule has 1 unspecified atom stereocenters. The molecule has 0 saturated heterocycles. The second kappa shape index (κ2) is 7.71. The molecule has 0 bridgehead atoms. The summed E-state index contributed by atoms with van der Waals surface area (Å²) in [6.07, 6.45) is 0. The molecule has 0 saturated carbocycles. The van der Waals surface area contributed by atoms with Crippen molar-refractivity contribution in [3.63, 3.8) is 0 Å². The molecule has 2 rings (SSSR count). The zero-order valence-corrected chi connectivity index (χ0v) is 12.4. The highest BCUT2D eigenvalue weighted by Gasteiger charge is 2.12. The van der Waals surface area contributed by atoms with E-state index in [1.807, 2.05) is 6.07 Å². The lowest BCUT2D eigenvalue weighted by Gasteiger charge is -2.28. The lowest BCUT2D eigenvalue weighted by molar-refractivity contribution is 0.219. The fourth-order valence-corrected chi connectivity index (χ4v) is 2.35. The number of rotatable bonds is 7. The number of benzene rings is 2. The first-order valence-corrected chi connectivity index (χ1v) is 7.36. The van der Waals surface area contributed by atoms with E-state index in [1.54, 1.807) is 0 Å². The van der Waals surface area contributed by atoms with E-state index in [4.69, 9.17) is 0 Å². The first kappa shape index (κ1) is 14.6. The molecule has 1 N–H and O–H groups in total. The van der Waals surface area contributed by atoms with E-state index in [2.05, 4.69) is 78.7 Å². The van der Waals surface area contributed by atoms with Gasteiger partial charge in [-0.1, -0.05) is 55.5 Å². The van der Waals surface area contributed by atoms with Crippen LogP contribution in [0.3, 0.4) is 0 Å². The van der Waals surface area contributed by atoms with Gasteiger partial charge in [0.1, 0.15) is 0 Å². The van der Waals surface area contributed by atoms with Gasteiger partial charge in [-0.05, 0) is 31.2 Å². The van der Waals surface area contributed by atoms with E-state index in [-0.39, 0.29) is 0 Å². The van der Waals surface area contributed by atoms with E-state index < -0.39 is 0 Å². The van der Waals surface area contributed by atoms with Crippen LogP contribution in [-0.4, -0.2) is 24.0 Å². The van der Waals surface area contributed by atoms with Crippen LogP contribution < -0.4 is 5.32 Å². The van der Waals surface area contributed by atoms with Gasteiger partial charge in [-0.3, -0.25) is 4.90 Å². The Balaban J connectivity index is 1.87. The molecular weight excluding hydrogens is 244 g/mol. The van der Waals surface area contributed by atoms with Crippen LogP contribution in [0, 0.1) is 0 Å². The SMILES string of the molecule is CCN(Cc1ccccc1)C(C)CNc1ccccc1. The van der Waals surface area contributed by atoms with E-state index >= 15 is 0 Å². The van der Waals surface area contributed by atoms with E-state index in [1.165, 1.54) is 11.3 Å². The zero-order chi connectivity index (χ0) is 14.2. The first-order chi connectivity index (χ1) is 9.79. The first-order valence-electron chi connectivity index (χ1n) is 7.36. The van der Waals surface area contributed by atoms with Crippen LogP contribution >= 0.6 is 0 Å². The van der Waals surface area contributed by atoms with Gasteiger partial charge in [0, 0.05) is 24.8 Å². The summed E-state index contributed by atoms with van der Waals surface area (Å²) in [5, 5.41) is 3.50. The molecule has 0 amide bonds. The van der Waals surface area contributed by atoms with Crippen LogP contribution in [-0.2, 0) is 6.54 Å². The summed E-state index contributed by atoms with van der Waals surface area (Å²) in [4.78, 5) is 2.49.